The first kappa shape index (κ1) is 23.1. The highest BCUT2D eigenvalue weighted by atomic mass is 16.5. The Kier molecular flexibility index (Phi) is 7.64. The number of rotatable bonds is 10. The van der Waals surface area contributed by atoms with Crippen LogP contribution < -0.4 is 33.9 Å². The van der Waals surface area contributed by atoms with Gasteiger partial charge in [-0.25, -0.2) is 0 Å². The quantitative estimate of drug-likeness (QED) is 0.562. The maximum atomic E-state index is 12.6. The molecule has 0 aliphatic carbocycles. The zero-order chi connectivity index (χ0) is 23.1. The van der Waals surface area contributed by atoms with E-state index in [1.807, 2.05) is 0 Å². The normalized spacial score (nSPS) is 15.3. The van der Waals surface area contributed by atoms with Crippen molar-refractivity contribution in [2.45, 2.75) is 6.42 Å². The van der Waals surface area contributed by atoms with Crippen molar-refractivity contribution in [1.82, 2.24) is 5.32 Å². The number of anilines is 1. The molecule has 0 radical (unpaired) electrons. The predicted molar refractivity (Wildman–Crippen MR) is 118 cm³/mol. The van der Waals surface area contributed by atoms with E-state index in [9.17, 15) is 9.59 Å². The lowest BCUT2D eigenvalue weighted by molar-refractivity contribution is -0.126. The van der Waals surface area contributed by atoms with Crippen molar-refractivity contribution < 1.29 is 33.3 Å². The summed E-state index contributed by atoms with van der Waals surface area (Å²) in [6, 6.07) is 10.6. The molecule has 9 nitrogen and oxygen atoms in total. The summed E-state index contributed by atoms with van der Waals surface area (Å²) in [4.78, 5) is 26.7. The molecule has 0 spiro atoms. The molecule has 1 aliphatic heterocycles. The summed E-state index contributed by atoms with van der Waals surface area (Å²) in [6.45, 7) is 0.914. The van der Waals surface area contributed by atoms with Crippen LogP contribution >= 0.6 is 0 Å². The summed E-state index contributed by atoms with van der Waals surface area (Å²) in [5.41, 5.74) is 0.586. The van der Waals surface area contributed by atoms with Crippen molar-refractivity contribution >= 4 is 17.5 Å². The third kappa shape index (κ3) is 5.16. The van der Waals surface area contributed by atoms with Crippen LogP contribution in [0.1, 0.15) is 6.42 Å². The van der Waals surface area contributed by atoms with Crippen LogP contribution in [0, 0.1) is 5.92 Å². The zero-order valence-corrected chi connectivity index (χ0v) is 18.7. The van der Waals surface area contributed by atoms with Gasteiger partial charge in [0.15, 0.2) is 11.5 Å². The van der Waals surface area contributed by atoms with Crippen molar-refractivity contribution in [2.75, 3.05) is 53.0 Å². The number of carbonyl (C=O) groups is 2. The summed E-state index contributed by atoms with van der Waals surface area (Å²) >= 11 is 0. The highest BCUT2D eigenvalue weighted by molar-refractivity contribution is 6.00. The summed E-state index contributed by atoms with van der Waals surface area (Å²) in [5.74, 6) is 1.97. The van der Waals surface area contributed by atoms with E-state index >= 15 is 0 Å². The minimum Gasteiger partial charge on any atom is -0.497 e. The molecule has 2 aromatic carbocycles. The van der Waals surface area contributed by atoms with Crippen LogP contribution in [-0.2, 0) is 9.59 Å². The second kappa shape index (κ2) is 10.6. The third-order valence-corrected chi connectivity index (χ3v) is 5.19. The highest BCUT2D eigenvalue weighted by Gasteiger charge is 2.35. The number of benzene rings is 2. The predicted octanol–water partition coefficient (Wildman–Crippen LogP) is 2.27. The van der Waals surface area contributed by atoms with Gasteiger partial charge < -0.3 is 33.9 Å². The lowest BCUT2D eigenvalue weighted by atomic mass is 10.1. The van der Waals surface area contributed by atoms with Gasteiger partial charge in [-0.15, -0.1) is 0 Å². The largest absolute Gasteiger partial charge is 0.497 e. The number of methoxy groups -OCH3 is 4. The maximum Gasteiger partial charge on any atom is 0.227 e. The molecule has 1 fully saturated rings. The van der Waals surface area contributed by atoms with Crippen LogP contribution in [0.2, 0.25) is 0 Å². The minimum atomic E-state index is -0.456. The number of hydrogen-bond donors (Lipinski definition) is 1. The van der Waals surface area contributed by atoms with Crippen LogP contribution in [0.4, 0.5) is 5.69 Å². The number of nitrogens with one attached hydrogen (secondary N) is 1. The fraction of sp³-hybridized carbons (Fsp3) is 0.391. The van der Waals surface area contributed by atoms with Gasteiger partial charge >= 0.3 is 0 Å². The topological polar surface area (TPSA) is 95.6 Å². The average Bonchev–Trinajstić information content (AvgIpc) is 3.22. The van der Waals surface area contributed by atoms with Gasteiger partial charge in [0.1, 0.15) is 18.1 Å². The Balaban J connectivity index is 1.56. The summed E-state index contributed by atoms with van der Waals surface area (Å²) in [7, 11) is 6.13. The molecule has 32 heavy (non-hydrogen) atoms. The standard InChI is InChI=1S/C23H28N2O7/c1-28-17-5-7-18(8-6-17)32-10-9-24-23(27)15-11-21(26)25(14-15)16-12-19(29-2)22(31-4)20(13-16)30-3/h5-8,12-13,15H,9-11,14H2,1-4H3,(H,24,27). The molecular weight excluding hydrogens is 416 g/mol. The lowest BCUT2D eigenvalue weighted by Gasteiger charge is -2.20. The molecule has 2 amide bonds. The Morgan fingerprint density at radius 3 is 2.16 bits per heavy atom. The Labute approximate surface area is 187 Å². The molecule has 1 heterocycles. The Morgan fingerprint density at radius 2 is 1.59 bits per heavy atom. The van der Waals surface area contributed by atoms with E-state index in [-0.39, 0.29) is 24.8 Å². The van der Waals surface area contributed by atoms with Gasteiger partial charge in [-0.2, -0.15) is 0 Å². The second-order valence-electron chi connectivity index (χ2n) is 7.10. The number of nitrogens with zero attached hydrogens (tertiary/aromatic N) is 1. The van der Waals surface area contributed by atoms with E-state index in [2.05, 4.69) is 5.32 Å². The van der Waals surface area contributed by atoms with Crippen molar-refractivity contribution in [3.05, 3.63) is 36.4 Å². The van der Waals surface area contributed by atoms with Gasteiger partial charge in [0, 0.05) is 25.1 Å². The van der Waals surface area contributed by atoms with Crippen molar-refractivity contribution in [3.63, 3.8) is 0 Å². The van der Waals surface area contributed by atoms with Gasteiger partial charge in [-0.1, -0.05) is 0 Å². The first-order valence-electron chi connectivity index (χ1n) is 10.2. The summed E-state index contributed by atoms with van der Waals surface area (Å²) < 4.78 is 26.8. The molecule has 9 heteroatoms. The fourth-order valence-electron chi connectivity index (χ4n) is 3.52. The molecule has 172 valence electrons. The smallest absolute Gasteiger partial charge is 0.227 e. The van der Waals surface area contributed by atoms with Crippen molar-refractivity contribution in [1.29, 1.82) is 0 Å². The lowest BCUT2D eigenvalue weighted by Crippen LogP contribution is -2.35. The molecule has 1 atom stereocenters. The first-order chi connectivity index (χ1) is 15.5. The minimum absolute atomic E-state index is 0.127. The summed E-state index contributed by atoms with van der Waals surface area (Å²) in [5, 5.41) is 2.84. The SMILES string of the molecule is COc1ccc(OCCNC(=O)C2CC(=O)N(c3cc(OC)c(OC)c(OC)c3)C2)cc1. The van der Waals surface area contributed by atoms with Gasteiger partial charge in [-0.05, 0) is 24.3 Å². The van der Waals surface area contributed by atoms with E-state index in [1.54, 1.807) is 48.4 Å². The second-order valence-corrected chi connectivity index (χ2v) is 7.10. The van der Waals surface area contributed by atoms with Crippen molar-refractivity contribution in [2.24, 2.45) is 5.92 Å². The van der Waals surface area contributed by atoms with Crippen LogP contribution in [0.15, 0.2) is 36.4 Å². The maximum absolute atomic E-state index is 12.6. The molecule has 3 rings (SSSR count). The van der Waals surface area contributed by atoms with Crippen LogP contribution in [0.5, 0.6) is 28.7 Å². The number of hydrogen-bond acceptors (Lipinski definition) is 7. The third-order valence-electron chi connectivity index (χ3n) is 5.19. The van der Waals surface area contributed by atoms with Crippen LogP contribution in [0.25, 0.3) is 0 Å². The monoisotopic (exact) mass is 444 g/mol. The number of ether oxygens (including phenoxy) is 5. The van der Waals surface area contributed by atoms with Crippen LogP contribution in [-0.4, -0.2) is 59.9 Å². The molecule has 1 aliphatic rings. The Bertz CT molecular complexity index is 921. The number of amides is 2. The molecule has 1 N–H and O–H groups in total. The molecule has 0 saturated carbocycles. The van der Waals surface area contributed by atoms with E-state index in [0.29, 0.717) is 41.8 Å². The fourth-order valence-corrected chi connectivity index (χ4v) is 3.52. The van der Waals surface area contributed by atoms with Crippen LogP contribution in [0.3, 0.4) is 0 Å². The summed E-state index contributed by atoms with van der Waals surface area (Å²) in [6.07, 6.45) is 0.127. The Hall–Kier alpha value is -3.62. The van der Waals surface area contributed by atoms with Gasteiger partial charge in [0.2, 0.25) is 17.6 Å². The molecule has 0 aromatic heterocycles. The zero-order valence-electron chi connectivity index (χ0n) is 18.7. The van der Waals surface area contributed by atoms with Gasteiger partial charge in [0.25, 0.3) is 0 Å². The van der Waals surface area contributed by atoms with E-state index in [4.69, 9.17) is 23.7 Å². The van der Waals surface area contributed by atoms with Gasteiger partial charge in [0.05, 0.1) is 46.6 Å². The number of carbonyl (C=O) groups excluding carboxylic acids is 2. The first-order valence-corrected chi connectivity index (χ1v) is 10.2. The van der Waals surface area contributed by atoms with E-state index < -0.39 is 5.92 Å². The van der Waals surface area contributed by atoms with Gasteiger partial charge in [-0.3, -0.25) is 9.59 Å². The molecule has 1 saturated heterocycles. The average molecular weight is 444 g/mol. The molecule has 0 bridgehead atoms. The molecule has 1 unspecified atom stereocenters. The van der Waals surface area contributed by atoms with Crippen molar-refractivity contribution in [3.8, 4) is 28.7 Å². The Morgan fingerprint density at radius 1 is 0.969 bits per heavy atom. The van der Waals surface area contributed by atoms with E-state index in [1.165, 1.54) is 21.3 Å². The van der Waals surface area contributed by atoms with E-state index in [0.717, 1.165) is 5.75 Å². The molecule has 2 aromatic rings. The highest BCUT2D eigenvalue weighted by Crippen LogP contribution is 2.42. The molecular formula is C23H28N2O7.